The Morgan fingerprint density at radius 2 is 2.46 bits per heavy atom. The number of nitrogens with one attached hydrogen (secondary N) is 1. The first-order valence-corrected chi connectivity index (χ1v) is 3.50. The third-order valence-corrected chi connectivity index (χ3v) is 1.33. The third kappa shape index (κ3) is 1.96. The van der Waals surface area contributed by atoms with E-state index < -0.39 is 5.91 Å². The predicted molar refractivity (Wildman–Crippen MR) is 44.5 cm³/mol. The minimum atomic E-state index is -0.496. The predicted octanol–water partition coefficient (Wildman–Crippen LogP) is -0.597. The van der Waals surface area contributed by atoms with Crippen LogP contribution in [0, 0.1) is 12.3 Å². The quantitative estimate of drug-likeness (QED) is 0.593. The van der Waals surface area contributed by atoms with Gasteiger partial charge in [0.15, 0.2) is 0 Å². The van der Waals surface area contributed by atoms with E-state index in [2.05, 4.69) is 26.2 Å². The van der Waals surface area contributed by atoms with Gasteiger partial charge in [0.1, 0.15) is 0 Å². The van der Waals surface area contributed by atoms with Crippen LogP contribution in [0.5, 0.6) is 0 Å². The van der Waals surface area contributed by atoms with E-state index in [1.807, 2.05) is 0 Å². The van der Waals surface area contributed by atoms with Crippen molar-refractivity contribution in [2.24, 2.45) is 0 Å². The highest BCUT2D eigenvalue weighted by Gasteiger charge is 2.16. The summed E-state index contributed by atoms with van der Waals surface area (Å²) in [5.41, 5.74) is 5.23. The third-order valence-electron chi connectivity index (χ3n) is 1.33. The average molecular weight is 180 g/mol. The summed E-state index contributed by atoms with van der Waals surface area (Å²) in [7, 11) is 0. The number of terminal acetylenes is 1. The lowest BCUT2D eigenvalue weighted by atomic mass is 10.3. The molecular weight excluding hydrogens is 172 g/mol. The molecule has 0 spiro atoms. The molecule has 1 unspecified atom stereocenters. The highest BCUT2D eigenvalue weighted by Crippen LogP contribution is 2.03. The largest absolute Gasteiger partial charge is 0.379 e. The molecular formula is C7H8N4O2. The number of carbonyl (C=O) groups excluding carboxylic acids is 1. The van der Waals surface area contributed by atoms with Crippen LogP contribution in [0.1, 0.15) is 17.4 Å². The second kappa shape index (κ2) is 3.58. The molecule has 1 rings (SSSR count). The molecule has 1 heterocycles. The Hall–Kier alpha value is -2.03. The van der Waals surface area contributed by atoms with Crippen LogP contribution in [0.3, 0.4) is 0 Å². The maximum absolute atomic E-state index is 11.2. The summed E-state index contributed by atoms with van der Waals surface area (Å²) in [5.74, 6) is 1.78. The molecule has 0 aliphatic rings. The van der Waals surface area contributed by atoms with Crippen molar-refractivity contribution in [1.29, 1.82) is 0 Å². The van der Waals surface area contributed by atoms with Crippen molar-refractivity contribution in [2.45, 2.75) is 13.0 Å². The summed E-state index contributed by atoms with van der Waals surface area (Å²) in [6.07, 6.45) is 5.06. The molecule has 1 atom stereocenters. The number of aromatic nitrogens is 2. The van der Waals surface area contributed by atoms with Crippen LogP contribution in [0.15, 0.2) is 4.63 Å². The number of anilines is 1. The molecule has 0 aliphatic heterocycles. The molecule has 1 amide bonds. The van der Waals surface area contributed by atoms with Gasteiger partial charge in [0, 0.05) is 0 Å². The van der Waals surface area contributed by atoms with E-state index in [0.29, 0.717) is 0 Å². The second-order valence-electron chi connectivity index (χ2n) is 2.36. The van der Waals surface area contributed by atoms with E-state index in [9.17, 15) is 4.79 Å². The Morgan fingerprint density at radius 3 is 2.92 bits per heavy atom. The molecule has 0 aromatic carbocycles. The minimum Gasteiger partial charge on any atom is -0.379 e. The van der Waals surface area contributed by atoms with E-state index in [1.165, 1.54) is 0 Å². The fourth-order valence-corrected chi connectivity index (χ4v) is 0.660. The number of rotatable bonds is 2. The first-order chi connectivity index (χ1) is 6.15. The van der Waals surface area contributed by atoms with Crippen LogP contribution in [-0.4, -0.2) is 22.3 Å². The van der Waals surface area contributed by atoms with Gasteiger partial charge in [-0.25, -0.2) is 4.63 Å². The highest BCUT2D eigenvalue weighted by atomic mass is 16.6. The standard InChI is InChI=1S/C7H8N4O2/c1-3-4(2)9-7(12)5-6(8)11-13-10-5/h1,4H,2H3,(H2,8,11)(H,9,12). The zero-order valence-corrected chi connectivity index (χ0v) is 6.94. The molecule has 0 saturated heterocycles. The van der Waals surface area contributed by atoms with Gasteiger partial charge in [-0.15, -0.1) is 6.42 Å². The van der Waals surface area contributed by atoms with Crippen LogP contribution < -0.4 is 11.1 Å². The molecule has 6 heteroatoms. The van der Waals surface area contributed by atoms with Crippen molar-refractivity contribution < 1.29 is 9.42 Å². The van der Waals surface area contributed by atoms with Crippen LogP contribution >= 0.6 is 0 Å². The van der Waals surface area contributed by atoms with E-state index in [4.69, 9.17) is 12.2 Å². The molecule has 0 fully saturated rings. The van der Waals surface area contributed by atoms with Gasteiger partial charge in [0.2, 0.25) is 11.5 Å². The monoisotopic (exact) mass is 180 g/mol. The normalized spacial score (nSPS) is 11.7. The summed E-state index contributed by atoms with van der Waals surface area (Å²) in [5, 5.41) is 9.02. The maximum atomic E-state index is 11.2. The summed E-state index contributed by atoms with van der Waals surface area (Å²) in [6, 6.07) is -0.386. The number of nitrogens with two attached hydrogens (primary N) is 1. The molecule has 3 N–H and O–H groups in total. The lowest BCUT2D eigenvalue weighted by Gasteiger charge is -2.04. The Labute approximate surface area is 74.4 Å². The molecule has 13 heavy (non-hydrogen) atoms. The molecule has 1 aromatic rings. The second-order valence-corrected chi connectivity index (χ2v) is 2.36. The molecule has 0 radical (unpaired) electrons. The van der Waals surface area contributed by atoms with Gasteiger partial charge < -0.3 is 11.1 Å². The summed E-state index contributed by atoms with van der Waals surface area (Å²) >= 11 is 0. The maximum Gasteiger partial charge on any atom is 0.278 e. The smallest absolute Gasteiger partial charge is 0.278 e. The minimum absolute atomic E-state index is 0.0536. The van der Waals surface area contributed by atoms with Gasteiger partial charge in [-0.05, 0) is 17.2 Å². The van der Waals surface area contributed by atoms with Crippen molar-refractivity contribution in [2.75, 3.05) is 5.73 Å². The van der Waals surface area contributed by atoms with Gasteiger partial charge in [-0.2, -0.15) is 0 Å². The number of nitrogen functional groups attached to an aromatic ring is 1. The van der Waals surface area contributed by atoms with Crippen molar-refractivity contribution in [3.63, 3.8) is 0 Å². The Kier molecular flexibility index (Phi) is 2.50. The molecule has 1 aromatic heterocycles. The van der Waals surface area contributed by atoms with Crippen molar-refractivity contribution >= 4 is 11.7 Å². The van der Waals surface area contributed by atoms with Crippen molar-refractivity contribution in [3.05, 3.63) is 5.69 Å². The SMILES string of the molecule is C#CC(C)NC(=O)c1nonc1N. The van der Waals surface area contributed by atoms with Gasteiger partial charge in [-0.1, -0.05) is 5.92 Å². The van der Waals surface area contributed by atoms with Gasteiger partial charge in [0.05, 0.1) is 6.04 Å². The molecule has 0 aliphatic carbocycles. The fraction of sp³-hybridized carbons (Fsp3) is 0.286. The zero-order chi connectivity index (χ0) is 9.84. The van der Waals surface area contributed by atoms with Crippen LogP contribution in [0.2, 0.25) is 0 Å². The summed E-state index contributed by atoms with van der Waals surface area (Å²) in [6.45, 7) is 1.65. The van der Waals surface area contributed by atoms with Gasteiger partial charge in [0.25, 0.3) is 5.91 Å². The summed E-state index contributed by atoms with van der Waals surface area (Å²) < 4.78 is 4.24. The number of hydrogen-bond acceptors (Lipinski definition) is 5. The molecule has 0 saturated carbocycles. The lowest BCUT2D eigenvalue weighted by Crippen LogP contribution is -2.32. The van der Waals surface area contributed by atoms with Crippen molar-refractivity contribution in [1.82, 2.24) is 15.6 Å². The summed E-state index contributed by atoms with van der Waals surface area (Å²) in [4.78, 5) is 11.2. The number of amides is 1. The van der Waals surface area contributed by atoms with E-state index in [-0.39, 0.29) is 17.6 Å². The number of hydrogen-bond donors (Lipinski definition) is 2. The lowest BCUT2D eigenvalue weighted by molar-refractivity contribution is 0.0939. The molecule has 6 nitrogen and oxygen atoms in total. The molecule has 68 valence electrons. The van der Waals surface area contributed by atoms with E-state index in [0.717, 1.165) is 0 Å². The average Bonchev–Trinajstić information content (AvgIpc) is 2.51. The first-order valence-electron chi connectivity index (χ1n) is 3.50. The number of nitrogens with zero attached hydrogens (tertiary/aromatic N) is 2. The topological polar surface area (TPSA) is 94.0 Å². The Bertz CT molecular complexity index is 352. The Morgan fingerprint density at radius 1 is 1.77 bits per heavy atom. The van der Waals surface area contributed by atoms with E-state index >= 15 is 0 Å². The fourth-order valence-electron chi connectivity index (χ4n) is 0.660. The van der Waals surface area contributed by atoms with Gasteiger partial charge in [-0.3, -0.25) is 4.79 Å². The Balaban J connectivity index is 2.71. The van der Waals surface area contributed by atoms with Crippen LogP contribution in [0.4, 0.5) is 5.82 Å². The van der Waals surface area contributed by atoms with Crippen LogP contribution in [0.25, 0.3) is 0 Å². The van der Waals surface area contributed by atoms with E-state index in [1.54, 1.807) is 6.92 Å². The van der Waals surface area contributed by atoms with Gasteiger partial charge >= 0.3 is 0 Å². The highest BCUT2D eigenvalue weighted by molar-refractivity contribution is 5.96. The van der Waals surface area contributed by atoms with Crippen molar-refractivity contribution in [3.8, 4) is 12.3 Å². The molecule has 0 bridgehead atoms. The first kappa shape index (κ1) is 9.06. The van der Waals surface area contributed by atoms with Crippen LogP contribution in [-0.2, 0) is 0 Å². The zero-order valence-electron chi connectivity index (χ0n) is 6.94. The number of carbonyl (C=O) groups is 1.